The Hall–Kier alpha value is -1.35. The lowest BCUT2D eigenvalue weighted by Crippen LogP contribution is -2.46. The van der Waals surface area contributed by atoms with E-state index in [-0.39, 0.29) is 0 Å². The summed E-state index contributed by atoms with van der Waals surface area (Å²) >= 11 is 0. The Balaban J connectivity index is 2.96. The van der Waals surface area contributed by atoms with E-state index in [0.29, 0.717) is 6.54 Å². The molecule has 0 aliphatic rings. The van der Waals surface area contributed by atoms with E-state index in [1.54, 1.807) is 6.92 Å². The monoisotopic (exact) mass is 207 g/mol. The largest absolute Gasteiger partial charge is 0.480 e. The molecule has 1 aromatic carbocycles. The van der Waals surface area contributed by atoms with Crippen LogP contribution in [0.3, 0.4) is 0 Å². The predicted molar refractivity (Wildman–Crippen MR) is 59.7 cm³/mol. The number of rotatable bonds is 5. The Morgan fingerprint density at radius 1 is 1.40 bits per heavy atom. The fourth-order valence-electron chi connectivity index (χ4n) is 1.45. The maximum atomic E-state index is 11.3. The van der Waals surface area contributed by atoms with Crippen molar-refractivity contribution in [2.45, 2.75) is 25.8 Å². The molecule has 0 heterocycles. The molecule has 0 saturated heterocycles. The second-order valence-electron chi connectivity index (χ2n) is 3.72. The Morgan fingerprint density at radius 3 is 2.47 bits per heavy atom. The lowest BCUT2D eigenvalue weighted by molar-refractivity contribution is -0.144. The van der Waals surface area contributed by atoms with Crippen molar-refractivity contribution < 1.29 is 9.90 Å². The van der Waals surface area contributed by atoms with Crippen LogP contribution in [-0.4, -0.2) is 17.6 Å². The SMILES string of the molecule is CCCNC(C)(C(=O)O)c1ccccc1. The van der Waals surface area contributed by atoms with Gasteiger partial charge in [0, 0.05) is 0 Å². The van der Waals surface area contributed by atoms with Crippen LogP contribution in [-0.2, 0) is 10.3 Å². The third kappa shape index (κ3) is 2.57. The summed E-state index contributed by atoms with van der Waals surface area (Å²) in [6.45, 7) is 4.40. The summed E-state index contributed by atoms with van der Waals surface area (Å²) in [7, 11) is 0. The summed E-state index contributed by atoms with van der Waals surface area (Å²) in [5, 5.41) is 12.3. The first kappa shape index (κ1) is 11.7. The first-order chi connectivity index (χ1) is 7.11. The van der Waals surface area contributed by atoms with Crippen LogP contribution < -0.4 is 5.32 Å². The van der Waals surface area contributed by atoms with Gasteiger partial charge in [-0.3, -0.25) is 5.32 Å². The zero-order valence-corrected chi connectivity index (χ0v) is 9.16. The molecule has 0 aliphatic heterocycles. The topological polar surface area (TPSA) is 49.3 Å². The van der Waals surface area contributed by atoms with Gasteiger partial charge in [0.05, 0.1) is 0 Å². The highest BCUT2D eigenvalue weighted by Crippen LogP contribution is 2.20. The second-order valence-corrected chi connectivity index (χ2v) is 3.72. The highest BCUT2D eigenvalue weighted by Gasteiger charge is 2.33. The molecular weight excluding hydrogens is 190 g/mol. The molecule has 82 valence electrons. The number of carbonyl (C=O) groups is 1. The normalized spacial score (nSPS) is 14.5. The van der Waals surface area contributed by atoms with Crippen LogP contribution in [0.15, 0.2) is 30.3 Å². The lowest BCUT2D eigenvalue weighted by atomic mass is 9.92. The van der Waals surface area contributed by atoms with Crippen LogP contribution in [0.2, 0.25) is 0 Å². The Kier molecular flexibility index (Phi) is 3.86. The molecule has 0 bridgehead atoms. The van der Waals surface area contributed by atoms with Crippen molar-refractivity contribution in [2.24, 2.45) is 0 Å². The molecule has 1 rings (SSSR count). The average Bonchev–Trinajstić information content (AvgIpc) is 2.27. The van der Waals surface area contributed by atoms with Gasteiger partial charge in [-0.15, -0.1) is 0 Å². The molecule has 0 spiro atoms. The summed E-state index contributed by atoms with van der Waals surface area (Å²) in [5.41, 5.74) is -0.206. The van der Waals surface area contributed by atoms with E-state index in [1.807, 2.05) is 37.3 Å². The van der Waals surface area contributed by atoms with Crippen LogP contribution in [0.5, 0.6) is 0 Å². The van der Waals surface area contributed by atoms with Gasteiger partial charge in [-0.25, -0.2) is 4.79 Å². The van der Waals surface area contributed by atoms with Gasteiger partial charge in [0.25, 0.3) is 0 Å². The van der Waals surface area contributed by atoms with Gasteiger partial charge in [-0.05, 0) is 25.5 Å². The molecule has 0 saturated carbocycles. The first-order valence-corrected chi connectivity index (χ1v) is 5.15. The minimum atomic E-state index is -0.989. The van der Waals surface area contributed by atoms with Gasteiger partial charge in [-0.1, -0.05) is 37.3 Å². The Labute approximate surface area is 90.1 Å². The predicted octanol–water partition coefficient (Wildman–Crippen LogP) is 1.99. The van der Waals surface area contributed by atoms with E-state index in [2.05, 4.69) is 5.32 Å². The van der Waals surface area contributed by atoms with E-state index in [4.69, 9.17) is 0 Å². The zero-order chi connectivity index (χ0) is 11.3. The molecule has 3 nitrogen and oxygen atoms in total. The molecule has 15 heavy (non-hydrogen) atoms. The van der Waals surface area contributed by atoms with Gasteiger partial charge in [0.15, 0.2) is 0 Å². The lowest BCUT2D eigenvalue weighted by Gasteiger charge is -2.26. The summed E-state index contributed by atoms with van der Waals surface area (Å²) < 4.78 is 0. The van der Waals surface area contributed by atoms with Crippen molar-refractivity contribution in [1.29, 1.82) is 0 Å². The number of carboxylic acids is 1. The van der Waals surface area contributed by atoms with Gasteiger partial charge in [-0.2, -0.15) is 0 Å². The number of aliphatic carboxylic acids is 1. The summed E-state index contributed by atoms with van der Waals surface area (Å²) in [6.07, 6.45) is 0.912. The molecule has 0 amide bonds. The van der Waals surface area contributed by atoms with E-state index in [9.17, 15) is 9.90 Å². The second kappa shape index (κ2) is 4.94. The van der Waals surface area contributed by atoms with Gasteiger partial charge < -0.3 is 5.11 Å². The minimum absolute atomic E-state index is 0.692. The molecule has 0 aliphatic carbocycles. The fraction of sp³-hybridized carbons (Fsp3) is 0.417. The third-order valence-corrected chi connectivity index (χ3v) is 2.51. The van der Waals surface area contributed by atoms with Crippen LogP contribution in [0.1, 0.15) is 25.8 Å². The Morgan fingerprint density at radius 2 is 2.00 bits per heavy atom. The quantitative estimate of drug-likeness (QED) is 0.776. The highest BCUT2D eigenvalue weighted by atomic mass is 16.4. The summed E-state index contributed by atoms with van der Waals surface area (Å²) in [5.74, 6) is -0.845. The smallest absolute Gasteiger partial charge is 0.328 e. The molecule has 1 aromatic rings. The highest BCUT2D eigenvalue weighted by molar-refractivity contribution is 5.80. The van der Waals surface area contributed by atoms with Gasteiger partial charge >= 0.3 is 5.97 Å². The van der Waals surface area contributed by atoms with Gasteiger partial charge in [0.1, 0.15) is 5.54 Å². The van der Waals surface area contributed by atoms with Crippen molar-refractivity contribution in [3.05, 3.63) is 35.9 Å². The fourth-order valence-corrected chi connectivity index (χ4v) is 1.45. The van der Waals surface area contributed by atoms with E-state index in [1.165, 1.54) is 0 Å². The van der Waals surface area contributed by atoms with Crippen molar-refractivity contribution >= 4 is 5.97 Å². The van der Waals surface area contributed by atoms with Crippen LogP contribution in [0, 0.1) is 0 Å². The molecule has 3 heteroatoms. The third-order valence-electron chi connectivity index (χ3n) is 2.51. The van der Waals surface area contributed by atoms with Crippen LogP contribution >= 0.6 is 0 Å². The van der Waals surface area contributed by atoms with Crippen molar-refractivity contribution in [2.75, 3.05) is 6.54 Å². The molecular formula is C12H17NO2. The molecule has 0 aromatic heterocycles. The minimum Gasteiger partial charge on any atom is -0.480 e. The van der Waals surface area contributed by atoms with E-state index < -0.39 is 11.5 Å². The van der Waals surface area contributed by atoms with E-state index in [0.717, 1.165) is 12.0 Å². The first-order valence-electron chi connectivity index (χ1n) is 5.15. The van der Waals surface area contributed by atoms with Crippen molar-refractivity contribution in [1.82, 2.24) is 5.32 Å². The Bertz CT molecular complexity index is 324. The zero-order valence-electron chi connectivity index (χ0n) is 9.16. The maximum Gasteiger partial charge on any atom is 0.328 e. The summed E-state index contributed by atoms with van der Waals surface area (Å²) in [4.78, 5) is 11.3. The average molecular weight is 207 g/mol. The molecule has 1 atom stereocenters. The number of nitrogens with one attached hydrogen (secondary N) is 1. The molecule has 0 radical (unpaired) electrons. The molecule has 1 unspecified atom stereocenters. The molecule has 2 N–H and O–H groups in total. The van der Waals surface area contributed by atoms with Gasteiger partial charge in [0.2, 0.25) is 0 Å². The van der Waals surface area contributed by atoms with Crippen LogP contribution in [0.25, 0.3) is 0 Å². The summed E-state index contributed by atoms with van der Waals surface area (Å²) in [6, 6.07) is 9.24. The van der Waals surface area contributed by atoms with Crippen molar-refractivity contribution in [3.8, 4) is 0 Å². The number of benzene rings is 1. The standard InChI is InChI=1S/C12H17NO2/c1-3-9-13-12(2,11(14)15)10-7-5-4-6-8-10/h4-8,13H,3,9H2,1-2H3,(H,14,15). The number of hydrogen-bond donors (Lipinski definition) is 2. The molecule has 0 fully saturated rings. The van der Waals surface area contributed by atoms with Crippen LogP contribution in [0.4, 0.5) is 0 Å². The number of hydrogen-bond acceptors (Lipinski definition) is 2. The number of carboxylic acid groups (broad SMARTS) is 1. The van der Waals surface area contributed by atoms with Crippen molar-refractivity contribution in [3.63, 3.8) is 0 Å². The van der Waals surface area contributed by atoms with E-state index >= 15 is 0 Å². The maximum absolute atomic E-state index is 11.3.